The summed E-state index contributed by atoms with van der Waals surface area (Å²) in [6.07, 6.45) is 1.56. The maximum Gasteiger partial charge on any atom is 0.239 e. The molecule has 0 spiro atoms. The van der Waals surface area contributed by atoms with E-state index in [0.29, 0.717) is 6.42 Å². The van der Waals surface area contributed by atoms with Gasteiger partial charge in [-0.05, 0) is 32.3 Å². The highest BCUT2D eigenvalue weighted by molar-refractivity contribution is 5.81. The summed E-state index contributed by atoms with van der Waals surface area (Å²) >= 11 is 0. The van der Waals surface area contributed by atoms with Crippen LogP contribution in [0.25, 0.3) is 0 Å². The van der Waals surface area contributed by atoms with E-state index in [-0.39, 0.29) is 11.9 Å². The molecule has 0 aliphatic heterocycles. The third kappa shape index (κ3) is 4.19. The molecule has 1 aromatic rings. The fourth-order valence-electron chi connectivity index (χ4n) is 1.86. The number of likely N-dealkylation sites (N-methyl/N-ethyl adjacent to an activating group) is 1. The Hall–Kier alpha value is -1.35. The fraction of sp³-hybridized carbons (Fsp3) is 0.500. The molecule has 0 radical (unpaired) electrons. The Morgan fingerprint density at radius 1 is 1.24 bits per heavy atom. The first-order chi connectivity index (χ1) is 8.19. The molecule has 0 bridgehead atoms. The lowest BCUT2D eigenvalue weighted by Crippen LogP contribution is -2.43. The van der Waals surface area contributed by atoms with Crippen LogP contribution in [0.4, 0.5) is 0 Å². The summed E-state index contributed by atoms with van der Waals surface area (Å²) in [5.41, 5.74) is 7.16. The van der Waals surface area contributed by atoms with E-state index >= 15 is 0 Å². The lowest BCUT2D eigenvalue weighted by molar-refractivity contribution is -0.132. The zero-order chi connectivity index (χ0) is 12.7. The van der Waals surface area contributed by atoms with E-state index in [1.54, 1.807) is 4.90 Å². The number of hydrogen-bond donors (Lipinski definition) is 1. The van der Waals surface area contributed by atoms with Crippen molar-refractivity contribution >= 4 is 5.91 Å². The van der Waals surface area contributed by atoms with Crippen molar-refractivity contribution in [2.24, 2.45) is 5.73 Å². The van der Waals surface area contributed by atoms with Crippen molar-refractivity contribution in [2.75, 3.05) is 13.1 Å². The molecular formula is C14H22N2O. The van der Waals surface area contributed by atoms with Crippen LogP contribution in [0.2, 0.25) is 0 Å². The smallest absolute Gasteiger partial charge is 0.239 e. The first kappa shape index (κ1) is 13.7. The van der Waals surface area contributed by atoms with Crippen LogP contribution in [0.1, 0.15) is 25.8 Å². The van der Waals surface area contributed by atoms with Crippen LogP contribution < -0.4 is 5.73 Å². The average Bonchev–Trinajstić information content (AvgIpc) is 2.38. The third-order valence-corrected chi connectivity index (χ3v) is 2.98. The summed E-state index contributed by atoms with van der Waals surface area (Å²) in [5, 5.41) is 0. The molecule has 0 heterocycles. The molecule has 0 unspecified atom stereocenters. The highest BCUT2D eigenvalue weighted by Crippen LogP contribution is 2.05. The monoisotopic (exact) mass is 234 g/mol. The zero-order valence-corrected chi connectivity index (χ0v) is 10.7. The van der Waals surface area contributed by atoms with Crippen molar-refractivity contribution in [2.45, 2.75) is 32.7 Å². The van der Waals surface area contributed by atoms with Crippen molar-refractivity contribution in [1.82, 2.24) is 4.90 Å². The topological polar surface area (TPSA) is 46.3 Å². The molecule has 17 heavy (non-hydrogen) atoms. The van der Waals surface area contributed by atoms with Crippen LogP contribution in [0.3, 0.4) is 0 Å². The number of nitrogens with two attached hydrogens (primary N) is 1. The van der Waals surface area contributed by atoms with Gasteiger partial charge in [-0.3, -0.25) is 4.79 Å². The first-order valence-electron chi connectivity index (χ1n) is 6.27. The summed E-state index contributed by atoms with van der Waals surface area (Å²) in [4.78, 5) is 13.7. The Labute approximate surface area is 104 Å². The lowest BCUT2D eigenvalue weighted by Gasteiger charge is -2.22. The van der Waals surface area contributed by atoms with Crippen LogP contribution in [-0.4, -0.2) is 29.9 Å². The predicted octanol–water partition coefficient (Wildman–Crippen LogP) is 1.81. The minimum atomic E-state index is -0.380. The minimum Gasteiger partial charge on any atom is -0.342 e. The molecule has 1 aromatic carbocycles. The maximum absolute atomic E-state index is 11.9. The van der Waals surface area contributed by atoms with Crippen LogP contribution >= 0.6 is 0 Å². The Morgan fingerprint density at radius 2 is 1.82 bits per heavy atom. The largest absolute Gasteiger partial charge is 0.342 e. The maximum atomic E-state index is 11.9. The molecule has 0 fully saturated rings. The van der Waals surface area contributed by atoms with Crippen LogP contribution in [-0.2, 0) is 11.2 Å². The van der Waals surface area contributed by atoms with Crippen LogP contribution in [0, 0.1) is 0 Å². The summed E-state index contributed by atoms with van der Waals surface area (Å²) in [5.74, 6) is 0.0610. The second-order valence-corrected chi connectivity index (χ2v) is 4.14. The van der Waals surface area contributed by atoms with Crippen molar-refractivity contribution in [1.29, 1.82) is 0 Å². The molecule has 94 valence electrons. The van der Waals surface area contributed by atoms with Gasteiger partial charge in [0.1, 0.15) is 0 Å². The van der Waals surface area contributed by atoms with Gasteiger partial charge in [0.05, 0.1) is 6.04 Å². The van der Waals surface area contributed by atoms with E-state index in [1.165, 1.54) is 5.56 Å². The normalized spacial score (nSPS) is 12.2. The molecule has 0 aliphatic rings. The van der Waals surface area contributed by atoms with Gasteiger partial charge in [0.15, 0.2) is 0 Å². The van der Waals surface area contributed by atoms with Gasteiger partial charge < -0.3 is 10.6 Å². The molecule has 1 atom stereocenters. The number of amides is 1. The highest BCUT2D eigenvalue weighted by atomic mass is 16.2. The molecule has 1 amide bonds. The number of carbonyl (C=O) groups is 1. The molecular weight excluding hydrogens is 212 g/mol. The molecule has 0 saturated heterocycles. The van der Waals surface area contributed by atoms with Gasteiger partial charge in [-0.1, -0.05) is 30.3 Å². The van der Waals surface area contributed by atoms with Crippen molar-refractivity contribution < 1.29 is 4.79 Å². The summed E-state index contributed by atoms with van der Waals surface area (Å²) in [6.45, 7) is 5.42. The van der Waals surface area contributed by atoms with E-state index in [1.807, 2.05) is 32.0 Å². The number of aryl methyl sites for hydroxylation is 1. The van der Waals surface area contributed by atoms with Crippen molar-refractivity contribution in [3.05, 3.63) is 35.9 Å². The Bertz CT molecular complexity index is 333. The SMILES string of the molecule is CCN(CC)C(=O)[C@@H](N)CCc1ccccc1. The van der Waals surface area contributed by atoms with Crippen LogP contribution in [0.15, 0.2) is 30.3 Å². The van der Waals surface area contributed by atoms with Gasteiger partial charge in [0.2, 0.25) is 5.91 Å². The Morgan fingerprint density at radius 3 is 2.35 bits per heavy atom. The average molecular weight is 234 g/mol. The molecule has 0 saturated carbocycles. The Kier molecular flexibility index (Phi) is 5.70. The van der Waals surface area contributed by atoms with E-state index in [0.717, 1.165) is 19.5 Å². The van der Waals surface area contributed by atoms with Crippen molar-refractivity contribution in [3.63, 3.8) is 0 Å². The van der Waals surface area contributed by atoms with E-state index in [4.69, 9.17) is 5.73 Å². The lowest BCUT2D eigenvalue weighted by atomic mass is 10.0. The second-order valence-electron chi connectivity index (χ2n) is 4.14. The Balaban J connectivity index is 2.44. The number of benzene rings is 1. The third-order valence-electron chi connectivity index (χ3n) is 2.98. The molecule has 0 aromatic heterocycles. The zero-order valence-electron chi connectivity index (χ0n) is 10.7. The number of hydrogen-bond acceptors (Lipinski definition) is 2. The molecule has 2 N–H and O–H groups in total. The van der Waals surface area contributed by atoms with Gasteiger partial charge >= 0.3 is 0 Å². The van der Waals surface area contributed by atoms with Gasteiger partial charge in [-0.25, -0.2) is 0 Å². The number of rotatable bonds is 6. The van der Waals surface area contributed by atoms with Gasteiger partial charge in [0, 0.05) is 13.1 Å². The quantitative estimate of drug-likeness (QED) is 0.816. The van der Waals surface area contributed by atoms with E-state index in [2.05, 4.69) is 12.1 Å². The molecule has 3 heteroatoms. The van der Waals surface area contributed by atoms with Gasteiger partial charge in [0.25, 0.3) is 0 Å². The summed E-state index contributed by atoms with van der Waals surface area (Å²) < 4.78 is 0. The second kappa shape index (κ2) is 7.07. The number of nitrogens with zero attached hydrogens (tertiary/aromatic N) is 1. The van der Waals surface area contributed by atoms with E-state index in [9.17, 15) is 4.79 Å². The predicted molar refractivity (Wildman–Crippen MR) is 70.7 cm³/mol. The van der Waals surface area contributed by atoms with Crippen molar-refractivity contribution in [3.8, 4) is 0 Å². The van der Waals surface area contributed by atoms with Gasteiger partial charge in [-0.15, -0.1) is 0 Å². The highest BCUT2D eigenvalue weighted by Gasteiger charge is 2.17. The first-order valence-corrected chi connectivity index (χ1v) is 6.27. The van der Waals surface area contributed by atoms with Gasteiger partial charge in [-0.2, -0.15) is 0 Å². The number of carbonyl (C=O) groups excluding carboxylic acids is 1. The molecule has 1 rings (SSSR count). The van der Waals surface area contributed by atoms with Crippen LogP contribution in [0.5, 0.6) is 0 Å². The molecule has 3 nitrogen and oxygen atoms in total. The minimum absolute atomic E-state index is 0.0610. The molecule has 0 aliphatic carbocycles. The van der Waals surface area contributed by atoms with E-state index < -0.39 is 0 Å². The summed E-state index contributed by atoms with van der Waals surface area (Å²) in [7, 11) is 0. The summed E-state index contributed by atoms with van der Waals surface area (Å²) in [6, 6.07) is 9.75. The fourth-order valence-corrected chi connectivity index (χ4v) is 1.86. The standard InChI is InChI=1S/C14H22N2O/c1-3-16(4-2)14(17)13(15)11-10-12-8-6-5-7-9-12/h5-9,13H,3-4,10-11,15H2,1-2H3/t13-/m0/s1.